The van der Waals surface area contributed by atoms with Crippen LogP contribution < -0.4 is 0 Å². The van der Waals surface area contributed by atoms with Crippen molar-refractivity contribution in [3.8, 4) is 6.07 Å². The summed E-state index contributed by atoms with van der Waals surface area (Å²) < 4.78 is 0. The molecule has 0 aromatic carbocycles. The fourth-order valence-electron chi connectivity index (χ4n) is 3.87. The van der Waals surface area contributed by atoms with E-state index in [-0.39, 0.29) is 5.41 Å². The molecule has 1 nitrogen and oxygen atoms in total. The van der Waals surface area contributed by atoms with Gasteiger partial charge < -0.3 is 0 Å². The van der Waals surface area contributed by atoms with Crippen molar-refractivity contribution >= 4 is 0 Å². The predicted octanol–water partition coefficient (Wildman–Crippen LogP) is 4.68. The first kappa shape index (κ1) is 12.0. The van der Waals surface area contributed by atoms with Gasteiger partial charge in [0.05, 0.1) is 11.5 Å². The molecule has 0 spiro atoms. The van der Waals surface area contributed by atoms with E-state index in [2.05, 4.69) is 13.0 Å². The summed E-state index contributed by atoms with van der Waals surface area (Å²) in [6.07, 6.45) is 13.1. The van der Waals surface area contributed by atoms with Crippen molar-refractivity contribution in [1.82, 2.24) is 0 Å². The Kier molecular flexibility index (Phi) is 3.90. The molecule has 0 aromatic rings. The minimum Gasteiger partial charge on any atom is -0.198 e. The van der Waals surface area contributed by atoms with Crippen LogP contribution in [0.15, 0.2) is 0 Å². The maximum atomic E-state index is 9.60. The molecule has 90 valence electrons. The first-order chi connectivity index (χ1) is 7.80. The average molecular weight is 219 g/mol. The zero-order chi connectivity index (χ0) is 11.4. The zero-order valence-electron chi connectivity index (χ0n) is 10.7. The largest absolute Gasteiger partial charge is 0.198 e. The molecule has 2 aliphatic carbocycles. The lowest BCUT2D eigenvalue weighted by molar-refractivity contribution is 0.102. The second-order valence-corrected chi connectivity index (χ2v) is 5.95. The first-order valence-electron chi connectivity index (χ1n) is 7.22. The van der Waals surface area contributed by atoms with Gasteiger partial charge in [0.15, 0.2) is 0 Å². The third-order valence-corrected chi connectivity index (χ3v) is 5.18. The highest BCUT2D eigenvalue weighted by molar-refractivity contribution is 5.05. The lowest BCUT2D eigenvalue weighted by Gasteiger charge is -2.42. The molecule has 0 aromatic heterocycles. The van der Waals surface area contributed by atoms with Crippen LogP contribution in [0.25, 0.3) is 0 Å². The minimum absolute atomic E-state index is 0.0755. The van der Waals surface area contributed by atoms with E-state index in [4.69, 9.17) is 0 Å². The van der Waals surface area contributed by atoms with Crippen molar-refractivity contribution in [3.05, 3.63) is 0 Å². The van der Waals surface area contributed by atoms with Gasteiger partial charge in [-0.05, 0) is 50.4 Å². The molecule has 2 aliphatic rings. The highest BCUT2D eigenvalue weighted by Gasteiger charge is 2.41. The van der Waals surface area contributed by atoms with Gasteiger partial charge in [-0.2, -0.15) is 5.26 Å². The zero-order valence-corrected chi connectivity index (χ0v) is 10.7. The van der Waals surface area contributed by atoms with Crippen LogP contribution in [0.1, 0.15) is 71.1 Å². The van der Waals surface area contributed by atoms with Crippen LogP contribution in [0.5, 0.6) is 0 Å². The van der Waals surface area contributed by atoms with Gasteiger partial charge in [0, 0.05) is 0 Å². The Bertz CT molecular complexity index is 249. The lowest BCUT2D eigenvalue weighted by atomic mass is 9.61. The highest BCUT2D eigenvalue weighted by atomic mass is 14.5. The minimum atomic E-state index is 0.0755. The maximum Gasteiger partial charge on any atom is 0.0692 e. The number of nitriles is 1. The summed E-state index contributed by atoms with van der Waals surface area (Å²) in [6.45, 7) is 2.30. The molecule has 0 radical (unpaired) electrons. The van der Waals surface area contributed by atoms with Crippen molar-refractivity contribution in [3.63, 3.8) is 0 Å². The fraction of sp³-hybridized carbons (Fsp3) is 0.933. The molecule has 16 heavy (non-hydrogen) atoms. The third kappa shape index (κ3) is 2.26. The Labute approximate surface area is 100 Å². The molecule has 0 aliphatic heterocycles. The average Bonchev–Trinajstić information content (AvgIpc) is 2.40. The Morgan fingerprint density at radius 2 is 1.69 bits per heavy atom. The van der Waals surface area contributed by atoms with Crippen molar-refractivity contribution in [1.29, 1.82) is 5.26 Å². The van der Waals surface area contributed by atoms with E-state index in [1.54, 1.807) is 0 Å². The Morgan fingerprint density at radius 1 is 1.06 bits per heavy atom. The molecule has 0 atom stereocenters. The number of nitrogens with zero attached hydrogens (tertiary/aromatic N) is 1. The smallest absolute Gasteiger partial charge is 0.0692 e. The van der Waals surface area contributed by atoms with E-state index in [9.17, 15) is 5.26 Å². The Morgan fingerprint density at radius 3 is 2.19 bits per heavy atom. The molecule has 2 saturated carbocycles. The van der Waals surface area contributed by atoms with Crippen molar-refractivity contribution in [2.75, 3.05) is 0 Å². The van der Waals surface area contributed by atoms with Gasteiger partial charge >= 0.3 is 0 Å². The Hall–Kier alpha value is -0.510. The molecular formula is C15H25N. The molecule has 1 heteroatoms. The van der Waals surface area contributed by atoms with E-state index in [0.717, 1.165) is 11.8 Å². The summed E-state index contributed by atoms with van der Waals surface area (Å²) >= 11 is 0. The van der Waals surface area contributed by atoms with Gasteiger partial charge in [0.25, 0.3) is 0 Å². The fourth-order valence-corrected chi connectivity index (χ4v) is 3.87. The second kappa shape index (κ2) is 5.21. The SMILES string of the molecule is CC[C@H]1CC[C@](C#N)(C2CCCCC2)CC1. The Balaban J connectivity index is 2.00. The summed E-state index contributed by atoms with van der Waals surface area (Å²) in [5.74, 6) is 1.63. The molecule has 0 amide bonds. The van der Waals surface area contributed by atoms with Gasteiger partial charge in [-0.1, -0.05) is 32.6 Å². The van der Waals surface area contributed by atoms with Gasteiger partial charge in [0.2, 0.25) is 0 Å². The summed E-state index contributed by atoms with van der Waals surface area (Å²) in [4.78, 5) is 0. The number of hydrogen-bond acceptors (Lipinski definition) is 1. The van der Waals surface area contributed by atoms with E-state index in [0.29, 0.717) is 0 Å². The summed E-state index contributed by atoms with van der Waals surface area (Å²) in [5.41, 5.74) is 0.0755. The number of rotatable bonds is 2. The predicted molar refractivity (Wildman–Crippen MR) is 66.9 cm³/mol. The molecular weight excluding hydrogens is 194 g/mol. The molecule has 0 unspecified atom stereocenters. The van der Waals surface area contributed by atoms with Crippen LogP contribution in [0.4, 0.5) is 0 Å². The quantitative estimate of drug-likeness (QED) is 0.661. The summed E-state index contributed by atoms with van der Waals surface area (Å²) in [7, 11) is 0. The number of hydrogen-bond donors (Lipinski definition) is 0. The van der Waals surface area contributed by atoms with Crippen LogP contribution in [0, 0.1) is 28.6 Å². The van der Waals surface area contributed by atoms with Crippen molar-refractivity contribution < 1.29 is 0 Å². The van der Waals surface area contributed by atoms with Crippen LogP contribution in [-0.4, -0.2) is 0 Å². The molecule has 0 bridgehead atoms. The van der Waals surface area contributed by atoms with Gasteiger partial charge in [0.1, 0.15) is 0 Å². The topological polar surface area (TPSA) is 23.8 Å². The van der Waals surface area contributed by atoms with Crippen LogP contribution in [0.2, 0.25) is 0 Å². The lowest BCUT2D eigenvalue weighted by Crippen LogP contribution is -2.34. The van der Waals surface area contributed by atoms with E-state index in [1.165, 1.54) is 64.2 Å². The van der Waals surface area contributed by atoms with Crippen molar-refractivity contribution in [2.45, 2.75) is 71.1 Å². The third-order valence-electron chi connectivity index (χ3n) is 5.18. The van der Waals surface area contributed by atoms with Crippen LogP contribution >= 0.6 is 0 Å². The molecule has 0 N–H and O–H groups in total. The molecule has 0 saturated heterocycles. The van der Waals surface area contributed by atoms with Gasteiger partial charge in [-0.3, -0.25) is 0 Å². The van der Waals surface area contributed by atoms with Gasteiger partial charge in [-0.25, -0.2) is 0 Å². The highest BCUT2D eigenvalue weighted by Crippen LogP contribution is 2.49. The van der Waals surface area contributed by atoms with Crippen LogP contribution in [-0.2, 0) is 0 Å². The maximum absolute atomic E-state index is 9.60. The van der Waals surface area contributed by atoms with Gasteiger partial charge in [-0.15, -0.1) is 0 Å². The first-order valence-corrected chi connectivity index (χ1v) is 7.22. The standard InChI is InChI=1S/C15H25N/c1-2-13-8-10-15(12-16,11-9-13)14-6-4-3-5-7-14/h13-14H,2-11H2,1H3/t13-,15-. The summed E-state index contributed by atoms with van der Waals surface area (Å²) in [6, 6.07) is 2.73. The van der Waals surface area contributed by atoms with Crippen molar-refractivity contribution in [2.24, 2.45) is 17.3 Å². The molecule has 0 heterocycles. The molecule has 2 fully saturated rings. The van der Waals surface area contributed by atoms with E-state index < -0.39 is 0 Å². The second-order valence-electron chi connectivity index (χ2n) is 5.95. The van der Waals surface area contributed by atoms with E-state index >= 15 is 0 Å². The van der Waals surface area contributed by atoms with E-state index in [1.807, 2.05) is 0 Å². The summed E-state index contributed by atoms with van der Waals surface area (Å²) in [5, 5.41) is 9.60. The van der Waals surface area contributed by atoms with Crippen LogP contribution in [0.3, 0.4) is 0 Å². The monoisotopic (exact) mass is 219 g/mol. The molecule has 2 rings (SSSR count). The normalized spacial score (nSPS) is 36.9.